The van der Waals surface area contributed by atoms with Crippen molar-refractivity contribution in [3.05, 3.63) is 77.3 Å². The molecule has 5 N–H and O–H groups in total. The number of nitrogens with one attached hydrogen (secondary N) is 2. The maximum atomic E-state index is 13.1. The Balaban J connectivity index is 1.43. The van der Waals surface area contributed by atoms with Crippen LogP contribution in [-0.4, -0.2) is 46.2 Å². The van der Waals surface area contributed by atoms with Crippen molar-refractivity contribution >= 4 is 45.0 Å². The van der Waals surface area contributed by atoms with E-state index in [4.69, 9.17) is 15.5 Å². The van der Waals surface area contributed by atoms with Crippen molar-refractivity contribution in [1.82, 2.24) is 10.3 Å². The highest BCUT2D eigenvalue weighted by Crippen LogP contribution is 2.61. The molecule has 7 rings (SSSR count). The first kappa shape index (κ1) is 34.2. The molecule has 2 aromatic rings. The fourth-order valence-electron chi connectivity index (χ4n) is 9.26. The lowest BCUT2D eigenvalue weighted by Gasteiger charge is -2.42. The Bertz CT molecular complexity index is 1680. The summed E-state index contributed by atoms with van der Waals surface area (Å²) in [6.07, 6.45) is 24.8. The highest BCUT2D eigenvalue weighted by Gasteiger charge is 2.60. The van der Waals surface area contributed by atoms with Crippen LogP contribution in [0.4, 0.5) is 5.82 Å². The van der Waals surface area contributed by atoms with E-state index in [0.29, 0.717) is 23.4 Å². The normalized spacial score (nSPS) is 31.1. The van der Waals surface area contributed by atoms with Gasteiger partial charge < -0.3 is 20.9 Å². The van der Waals surface area contributed by atoms with E-state index < -0.39 is 0 Å². The highest BCUT2D eigenvalue weighted by atomic mass is 33.1. The number of allylic oxidation sites excluding steroid dienone is 2. The number of nitrogen functional groups attached to an aromatic ring is 1. The zero-order valence-corrected chi connectivity index (χ0v) is 30.2. The molecule has 5 aliphatic rings. The Kier molecular flexibility index (Phi) is 9.92. The van der Waals surface area contributed by atoms with E-state index in [0.717, 1.165) is 54.6 Å². The van der Waals surface area contributed by atoms with Crippen LogP contribution in [-0.2, 0) is 9.59 Å². The monoisotopic (exact) mass is 701 g/mol. The van der Waals surface area contributed by atoms with Crippen LogP contribution < -0.4 is 20.7 Å². The number of aromatic nitrogens is 1. The van der Waals surface area contributed by atoms with Gasteiger partial charge in [0.25, 0.3) is 0 Å². The van der Waals surface area contributed by atoms with E-state index in [2.05, 4.69) is 42.9 Å². The van der Waals surface area contributed by atoms with Gasteiger partial charge in [-0.25, -0.2) is 4.98 Å². The van der Waals surface area contributed by atoms with Crippen LogP contribution in [0.25, 0.3) is 6.08 Å². The number of anilines is 1. The molecule has 3 heterocycles. The minimum Gasteiger partial charge on any atom is -0.504 e. The molecule has 1 spiro atoms. The molecule has 0 radical (unpaired) electrons. The molecule has 2 aliphatic heterocycles. The first-order valence-corrected chi connectivity index (χ1v) is 20.2. The van der Waals surface area contributed by atoms with Crippen molar-refractivity contribution < 1.29 is 24.3 Å². The maximum Gasteiger partial charge on any atom is 0.163 e. The number of hydrogen-bond donors (Lipinski definition) is 4. The van der Waals surface area contributed by atoms with Crippen molar-refractivity contribution in [2.24, 2.45) is 11.3 Å². The summed E-state index contributed by atoms with van der Waals surface area (Å²) in [6, 6.07) is 5.78. The molecule has 8 nitrogen and oxygen atoms in total. The molecular formula is C39H49N4O4S2+. The number of nitrogens with zero attached hydrogens (tertiary/aromatic N) is 1. The summed E-state index contributed by atoms with van der Waals surface area (Å²) in [6.45, 7) is 3.06. The standard InChI is InChI=1S/C39H48N4O4S2/c1-3-25-6-8-28(44)20-29(45)9-7-26-19-34(47-2)33(46)21-31(26)30-10-11-35(25)48-49-36(32-18-27(30)22-42-37(32)40)39(43-17-16-41-24-43)15-14-38(23-39)12-4-5-13-38/h7,9-11,16-19,21-22,25,30,35-36,41,46H,3-6,8,12-15,20,23-24H2,1-2H3,(H2,40,42)/p+1. The largest absolute Gasteiger partial charge is 0.504 e. The zero-order valence-electron chi connectivity index (χ0n) is 28.6. The average molecular weight is 702 g/mol. The van der Waals surface area contributed by atoms with Gasteiger partial charge in [-0.2, -0.15) is 0 Å². The topological polar surface area (TPSA) is 119 Å². The van der Waals surface area contributed by atoms with Crippen LogP contribution in [0.3, 0.4) is 0 Å². The Morgan fingerprint density at radius 1 is 1.08 bits per heavy atom. The number of rotatable bonds is 4. The van der Waals surface area contributed by atoms with E-state index in [9.17, 15) is 14.7 Å². The number of carbonyl (C=O) groups excluding carboxylic acids is 2. The molecule has 1 aromatic heterocycles. The third kappa shape index (κ3) is 6.68. The fourth-order valence-corrected chi connectivity index (χ4v) is 13.2. The fraction of sp³-hybridized carbons (Fsp3) is 0.513. The van der Waals surface area contributed by atoms with E-state index in [-0.39, 0.29) is 51.6 Å². The van der Waals surface area contributed by atoms with E-state index in [1.165, 1.54) is 50.2 Å². The van der Waals surface area contributed by atoms with Gasteiger partial charge in [-0.05, 0) is 78.0 Å². The summed E-state index contributed by atoms with van der Waals surface area (Å²) < 4.78 is 5.49. The van der Waals surface area contributed by atoms with Gasteiger partial charge in [0.15, 0.2) is 24.0 Å². The number of quaternary nitrogens is 1. The molecule has 49 heavy (non-hydrogen) atoms. The van der Waals surface area contributed by atoms with Crippen molar-refractivity contribution in [2.45, 2.75) is 99.5 Å². The minimum atomic E-state index is -0.270. The van der Waals surface area contributed by atoms with Gasteiger partial charge in [0.1, 0.15) is 23.3 Å². The van der Waals surface area contributed by atoms with Crippen molar-refractivity contribution in [1.29, 1.82) is 0 Å². The van der Waals surface area contributed by atoms with Crippen LogP contribution in [0.15, 0.2) is 55.0 Å². The summed E-state index contributed by atoms with van der Waals surface area (Å²) in [5.41, 5.74) is 10.9. The lowest BCUT2D eigenvalue weighted by atomic mass is 9.78. The van der Waals surface area contributed by atoms with Crippen LogP contribution in [0, 0.1) is 11.3 Å². The van der Waals surface area contributed by atoms with E-state index in [1.807, 2.05) is 27.8 Å². The minimum absolute atomic E-state index is 0.0246. The van der Waals surface area contributed by atoms with Gasteiger partial charge in [0.2, 0.25) is 0 Å². The molecule has 4 bridgehead atoms. The number of carbonyl (C=O) groups is 2. The molecule has 260 valence electrons. The number of phenolic OH excluding ortho intramolecular Hbond substituents is 1. The number of aromatic hydroxyl groups is 1. The Morgan fingerprint density at radius 2 is 1.92 bits per heavy atom. The summed E-state index contributed by atoms with van der Waals surface area (Å²) in [4.78, 5) is 32.4. The number of fused-ring (bicyclic) bond motifs is 7. The summed E-state index contributed by atoms with van der Waals surface area (Å²) in [5, 5.41) is 14.8. The lowest BCUT2D eigenvalue weighted by Crippen LogP contribution is -3.16. The number of phenols is 1. The van der Waals surface area contributed by atoms with Crippen molar-refractivity contribution in [3.8, 4) is 11.5 Å². The predicted octanol–water partition coefficient (Wildman–Crippen LogP) is 6.63. The summed E-state index contributed by atoms with van der Waals surface area (Å²) in [7, 11) is 5.38. The average Bonchev–Trinajstić information content (AvgIpc) is 3.88. The van der Waals surface area contributed by atoms with Crippen LogP contribution >= 0.6 is 21.6 Å². The predicted molar refractivity (Wildman–Crippen MR) is 198 cm³/mol. The first-order chi connectivity index (χ1) is 23.7. The lowest BCUT2D eigenvalue weighted by molar-refractivity contribution is -0.901. The second kappa shape index (κ2) is 14.2. The van der Waals surface area contributed by atoms with Crippen LogP contribution in [0.5, 0.6) is 11.5 Å². The third-order valence-corrected chi connectivity index (χ3v) is 15.3. The van der Waals surface area contributed by atoms with Gasteiger partial charge in [0, 0.05) is 42.2 Å². The molecule has 6 atom stereocenters. The second-order valence-electron chi connectivity index (χ2n) is 14.8. The third-order valence-electron chi connectivity index (χ3n) is 12.0. The first-order valence-electron chi connectivity index (χ1n) is 17.9. The van der Waals surface area contributed by atoms with Gasteiger partial charge in [0.05, 0.1) is 25.0 Å². The molecule has 1 aromatic carbocycles. The SMILES string of the molecule is CCC1CCC(=O)CC(=O)C=Cc2cc(OC)c(O)cc2C2C=CC1SSC(C1([NH+]3C=CNC3)CCC3(CCCC3)C1)c1cc2cnc1N. The summed E-state index contributed by atoms with van der Waals surface area (Å²) in [5.74, 6) is 0.642. The maximum absolute atomic E-state index is 13.1. The van der Waals surface area contributed by atoms with Gasteiger partial charge >= 0.3 is 0 Å². The molecule has 10 heteroatoms. The number of benzene rings is 1. The molecule has 0 saturated heterocycles. The molecule has 2 saturated carbocycles. The number of hydrogen-bond acceptors (Lipinski definition) is 9. The number of ketones is 2. The molecule has 2 fully saturated rings. The van der Waals surface area contributed by atoms with Crippen LogP contribution in [0.1, 0.15) is 111 Å². The van der Waals surface area contributed by atoms with E-state index >= 15 is 0 Å². The van der Waals surface area contributed by atoms with Crippen molar-refractivity contribution in [3.63, 3.8) is 0 Å². The smallest absolute Gasteiger partial charge is 0.163 e. The van der Waals surface area contributed by atoms with Crippen LogP contribution in [0.2, 0.25) is 0 Å². The number of nitrogens with two attached hydrogens (primary N) is 1. The Hall–Kier alpha value is -3.21. The zero-order chi connectivity index (χ0) is 34.2. The van der Waals surface area contributed by atoms with Gasteiger partial charge in [-0.1, -0.05) is 66.0 Å². The molecular weight excluding hydrogens is 653 g/mol. The molecule has 0 amide bonds. The van der Waals surface area contributed by atoms with Crippen molar-refractivity contribution in [2.75, 3.05) is 19.5 Å². The molecule has 3 aliphatic carbocycles. The summed E-state index contributed by atoms with van der Waals surface area (Å²) >= 11 is 0. The highest BCUT2D eigenvalue weighted by molar-refractivity contribution is 8.77. The molecule has 6 unspecified atom stereocenters. The Morgan fingerprint density at radius 3 is 2.67 bits per heavy atom. The van der Waals surface area contributed by atoms with E-state index in [1.54, 1.807) is 18.2 Å². The number of Topliss-reactive ketones (excluding diaryl/α,β-unsaturated/α-hetero) is 1. The van der Waals surface area contributed by atoms with Gasteiger partial charge in [-0.3, -0.25) is 14.5 Å². The quantitative estimate of drug-likeness (QED) is 0.158. The Labute approximate surface area is 297 Å². The van der Waals surface area contributed by atoms with Gasteiger partial charge in [-0.15, -0.1) is 0 Å². The number of methoxy groups -OCH3 is 1. The number of ether oxygens (including phenoxy) is 1. The number of pyridine rings is 1. The second-order valence-corrected chi connectivity index (χ2v) is 17.4.